The van der Waals surface area contributed by atoms with Gasteiger partial charge in [0.25, 0.3) is 0 Å². The summed E-state index contributed by atoms with van der Waals surface area (Å²) >= 11 is 1.65. The van der Waals surface area contributed by atoms with Crippen LogP contribution in [-0.4, -0.2) is 40.0 Å². The Morgan fingerprint density at radius 2 is 2.17 bits per heavy atom. The minimum absolute atomic E-state index is 0.200. The maximum atomic E-state index is 13.1. The normalized spacial score (nSPS) is 20.4. The number of hydrogen-bond acceptors (Lipinski definition) is 4. The van der Waals surface area contributed by atoms with Gasteiger partial charge >= 0.3 is 0 Å². The second-order valence-electron chi connectivity index (χ2n) is 8.52. The van der Waals surface area contributed by atoms with Gasteiger partial charge in [-0.05, 0) is 59.0 Å². The molecular weight excluding hydrogens is 380 g/mol. The van der Waals surface area contributed by atoms with Crippen LogP contribution in [0.15, 0.2) is 53.5 Å². The second kappa shape index (κ2) is 7.02. The third-order valence-corrected chi connectivity index (χ3v) is 6.84. The molecule has 0 N–H and O–H groups in total. The van der Waals surface area contributed by atoms with Crippen LogP contribution < -0.4 is 4.90 Å². The maximum absolute atomic E-state index is 13.1. The summed E-state index contributed by atoms with van der Waals surface area (Å²) in [6.45, 7) is 6.97. The SMILES string of the molecule is CC(C)CN1c2cccnc2-n2cccc2[C@]12CCN(C(=O)Cc1ccsc1)C2. The standard InChI is InChI=1S/C23H26N4OS/c1-17(2)14-27-19-5-3-9-24-22(19)26-10-4-6-20(26)23(27)8-11-25(16-23)21(28)13-18-7-12-29-15-18/h3-7,9-10,12,15,17H,8,11,13-14,16H2,1-2H3/t23-/m1/s1. The van der Waals surface area contributed by atoms with E-state index in [1.165, 1.54) is 5.69 Å². The average molecular weight is 407 g/mol. The third kappa shape index (κ3) is 2.97. The van der Waals surface area contributed by atoms with Crippen LogP contribution in [0.25, 0.3) is 5.82 Å². The molecule has 3 aromatic heterocycles. The van der Waals surface area contributed by atoms with Crippen molar-refractivity contribution < 1.29 is 4.79 Å². The molecule has 0 aliphatic carbocycles. The molecule has 1 amide bonds. The van der Waals surface area contributed by atoms with E-state index in [2.05, 4.69) is 58.0 Å². The number of aromatic nitrogens is 2. The molecule has 2 aliphatic rings. The molecular formula is C23H26N4OS. The molecule has 5 heterocycles. The number of rotatable bonds is 4. The molecule has 0 radical (unpaired) electrons. The first-order valence-corrected chi connectivity index (χ1v) is 11.2. The highest BCUT2D eigenvalue weighted by Gasteiger charge is 2.50. The monoisotopic (exact) mass is 406 g/mol. The fourth-order valence-electron chi connectivity index (χ4n) is 4.85. The average Bonchev–Trinajstić information content (AvgIpc) is 3.45. The van der Waals surface area contributed by atoms with Crippen LogP contribution in [0.1, 0.15) is 31.5 Å². The first-order chi connectivity index (χ1) is 14.1. The Labute approximate surface area is 175 Å². The molecule has 2 aliphatic heterocycles. The number of anilines is 1. The Kier molecular flexibility index (Phi) is 4.46. The van der Waals surface area contributed by atoms with E-state index in [-0.39, 0.29) is 11.4 Å². The van der Waals surface area contributed by atoms with Gasteiger partial charge < -0.3 is 14.4 Å². The van der Waals surface area contributed by atoms with E-state index in [9.17, 15) is 4.79 Å². The highest BCUT2D eigenvalue weighted by Crippen LogP contribution is 2.47. The lowest BCUT2D eigenvalue weighted by molar-refractivity contribution is -0.129. The summed E-state index contributed by atoms with van der Waals surface area (Å²) in [7, 11) is 0. The van der Waals surface area contributed by atoms with E-state index in [1.807, 2.05) is 23.7 Å². The summed E-state index contributed by atoms with van der Waals surface area (Å²) in [5.74, 6) is 1.72. The minimum Gasteiger partial charge on any atom is -0.355 e. The van der Waals surface area contributed by atoms with Crippen LogP contribution >= 0.6 is 11.3 Å². The van der Waals surface area contributed by atoms with Crippen molar-refractivity contribution in [3.63, 3.8) is 0 Å². The molecule has 0 bridgehead atoms. The highest BCUT2D eigenvalue weighted by molar-refractivity contribution is 7.08. The Hall–Kier alpha value is -2.60. The van der Waals surface area contributed by atoms with Gasteiger partial charge in [-0.15, -0.1) is 0 Å². The summed E-state index contributed by atoms with van der Waals surface area (Å²) in [5.41, 5.74) is 3.32. The molecule has 150 valence electrons. The summed E-state index contributed by atoms with van der Waals surface area (Å²) < 4.78 is 2.22. The van der Waals surface area contributed by atoms with Gasteiger partial charge in [0.1, 0.15) is 5.54 Å². The molecule has 0 unspecified atom stereocenters. The lowest BCUT2D eigenvalue weighted by atomic mass is 9.88. The van der Waals surface area contributed by atoms with Gasteiger partial charge in [-0.25, -0.2) is 4.98 Å². The lowest BCUT2D eigenvalue weighted by Gasteiger charge is -2.47. The smallest absolute Gasteiger partial charge is 0.227 e. The molecule has 0 aromatic carbocycles. The molecule has 5 nitrogen and oxygen atoms in total. The van der Waals surface area contributed by atoms with Crippen molar-refractivity contribution in [3.8, 4) is 5.82 Å². The Morgan fingerprint density at radius 1 is 1.28 bits per heavy atom. The van der Waals surface area contributed by atoms with Gasteiger partial charge in [0.15, 0.2) is 5.82 Å². The predicted octanol–water partition coefficient (Wildman–Crippen LogP) is 4.08. The number of pyridine rings is 1. The van der Waals surface area contributed by atoms with Crippen molar-refractivity contribution in [2.45, 2.75) is 32.2 Å². The topological polar surface area (TPSA) is 41.4 Å². The van der Waals surface area contributed by atoms with Crippen molar-refractivity contribution in [2.24, 2.45) is 5.92 Å². The lowest BCUT2D eigenvalue weighted by Crippen LogP contribution is -2.54. The largest absolute Gasteiger partial charge is 0.355 e. The minimum atomic E-state index is -0.200. The zero-order chi connectivity index (χ0) is 20.0. The van der Waals surface area contributed by atoms with Crippen molar-refractivity contribution in [1.82, 2.24) is 14.5 Å². The van der Waals surface area contributed by atoms with Crippen LogP contribution in [0.2, 0.25) is 0 Å². The quantitative estimate of drug-likeness (QED) is 0.656. The number of nitrogens with zero attached hydrogens (tertiary/aromatic N) is 4. The molecule has 3 aromatic rings. The van der Waals surface area contributed by atoms with Crippen LogP contribution in [0, 0.1) is 5.92 Å². The third-order valence-electron chi connectivity index (χ3n) is 6.11. The number of carbonyl (C=O) groups excluding carboxylic acids is 1. The zero-order valence-electron chi connectivity index (χ0n) is 16.9. The summed E-state index contributed by atoms with van der Waals surface area (Å²) in [6, 6.07) is 10.5. The fourth-order valence-corrected chi connectivity index (χ4v) is 5.52. The van der Waals surface area contributed by atoms with Crippen LogP contribution in [0.5, 0.6) is 0 Å². The molecule has 1 fully saturated rings. The Bertz CT molecular complexity index is 1030. The summed E-state index contributed by atoms with van der Waals surface area (Å²) in [5, 5.41) is 4.11. The van der Waals surface area contributed by atoms with Crippen LogP contribution in [-0.2, 0) is 16.8 Å². The molecule has 1 atom stereocenters. The van der Waals surface area contributed by atoms with E-state index < -0.39 is 0 Å². The molecule has 1 saturated heterocycles. The molecule has 1 spiro atoms. The number of hydrogen-bond donors (Lipinski definition) is 0. The number of amides is 1. The van der Waals surface area contributed by atoms with Gasteiger partial charge in [0.2, 0.25) is 5.91 Å². The van der Waals surface area contributed by atoms with Gasteiger partial charge in [0, 0.05) is 32.0 Å². The van der Waals surface area contributed by atoms with Crippen LogP contribution in [0.3, 0.4) is 0 Å². The maximum Gasteiger partial charge on any atom is 0.227 e. The predicted molar refractivity (Wildman–Crippen MR) is 117 cm³/mol. The first kappa shape index (κ1) is 18.4. The fraction of sp³-hybridized carbons (Fsp3) is 0.391. The van der Waals surface area contributed by atoms with Gasteiger partial charge in [-0.2, -0.15) is 11.3 Å². The van der Waals surface area contributed by atoms with E-state index >= 15 is 0 Å². The van der Waals surface area contributed by atoms with Gasteiger partial charge in [-0.1, -0.05) is 13.8 Å². The highest BCUT2D eigenvalue weighted by atomic mass is 32.1. The summed E-state index contributed by atoms with van der Waals surface area (Å²) in [6.07, 6.45) is 5.39. The number of carbonyl (C=O) groups is 1. The van der Waals surface area contributed by atoms with E-state index in [0.29, 0.717) is 12.3 Å². The zero-order valence-corrected chi connectivity index (χ0v) is 17.7. The molecule has 29 heavy (non-hydrogen) atoms. The van der Waals surface area contributed by atoms with Crippen LogP contribution in [0.4, 0.5) is 5.69 Å². The summed E-state index contributed by atoms with van der Waals surface area (Å²) in [4.78, 5) is 22.3. The van der Waals surface area contributed by atoms with E-state index in [0.717, 1.165) is 43.1 Å². The number of fused-ring (bicyclic) bond motifs is 4. The second-order valence-corrected chi connectivity index (χ2v) is 9.30. The van der Waals surface area contributed by atoms with Crippen molar-refractivity contribution in [1.29, 1.82) is 0 Å². The molecule has 6 heteroatoms. The first-order valence-electron chi connectivity index (χ1n) is 10.3. The van der Waals surface area contributed by atoms with Gasteiger partial charge in [0.05, 0.1) is 17.8 Å². The van der Waals surface area contributed by atoms with Crippen molar-refractivity contribution in [2.75, 3.05) is 24.5 Å². The van der Waals surface area contributed by atoms with Crippen molar-refractivity contribution in [3.05, 3.63) is 64.7 Å². The molecule has 5 rings (SSSR count). The number of likely N-dealkylation sites (tertiary alicyclic amines) is 1. The Morgan fingerprint density at radius 3 is 2.97 bits per heavy atom. The van der Waals surface area contributed by atoms with E-state index in [4.69, 9.17) is 4.98 Å². The van der Waals surface area contributed by atoms with Crippen molar-refractivity contribution >= 4 is 22.9 Å². The number of thiophene rings is 1. The van der Waals surface area contributed by atoms with E-state index in [1.54, 1.807) is 11.3 Å². The Balaban J connectivity index is 1.53. The van der Waals surface area contributed by atoms with Gasteiger partial charge in [-0.3, -0.25) is 4.79 Å². The molecule has 0 saturated carbocycles.